The van der Waals surface area contributed by atoms with Gasteiger partial charge in [-0.1, -0.05) is 27.7 Å². The number of rotatable bonds is 6. The summed E-state index contributed by atoms with van der Waals surface area (Å²) in [5.41, 5.74) is 5.30. The van der Waals surface area contributed by atoms with E-state index in [-0.39, 0.29) is 22.7 Å². The van der Waals surface area contributed by atoms with E-state index in [1.807, 2.05) is 0 Å². The van der Waals surface area contributed by atoms with E-state index in [0.29, 0.717) is 0 Å². The first-order valence-corrected chi connectivity index (χ1v) is 7.95. The molecule has 0 saturated heterocycles. The van der Waals surface area contributed by atoms with E-state index in [9.17, 15) is 14.4 Å². The van der Waals surface area contributed by atoms with E-state index in [0.717, 1.165) is 12.8 Å². The SMILES string of the molecule is C[C@H](NC(=O)C1C(C)(C)CCC1(C)C)NC(=O)[C@@H](N)CC(=O)O. The van der Waals surface area contributed by atoms with Crippen molar-refractivity contribution in [3.05, 3.63) is 0 Å². The molecule has 0 bridgehead atoms. The third-order valence-corrected chi connectivity index (χ3v) is 4.69. The van der Waals surface area contributed by atoms with Gasteiger partial charge >= 0.3 is 5.97 Å². The second kappa shape index (κ2) is 6.86. The number of nitrogens with one attached hydrogen (secondary N) is 2. The molecule has 1 rings (SSSR count). The molecule has 0 aromatic heterocycles. The average molecular weight is 327 g/mol. The van der Waals surface area contributed by atoms with Gasteiger partial charge in [0, 0.05) is 5.92 Å². The maximum atomic E-state index is 12.6. The minimum absolute atomic E-state index is 0.0999. The van der Waals surface area contributed by atoms with Gasteiger partial charge in [0.15, 0.2) is 0 Å². The fourth-order valence-electron chi connectivity index (χ4n) is 3.63. The molecule has 0 heterocycles. The van der Waals surface area contributed by atoms with E-state index in [2.05, 4.69) is 38.3 Å². The molecule has 0 unspecified atom stereocenters. The molecular formula is C16H29N3O4. The lowest BCUT2D eigenvalue weighted by Gasteiger charge is -2.35. The van der Waals surface area contributed by atoms with Gasteiger partial charge in [0.1, 0.15) is 0 Å². The number of nitrogens with two attached hydrogens (primary N) is 1. The number of carbonyl (C=O) groups excluding carboxylic acids is 2. The molecule has 2 atom stereocenters. The summed E-state index contributed by atoms with van der Waals surface area (Å²) in [6.07, 6.45) is 0.891. The van der Waals surface area contributed by atoms with Crippen molar-refractivity contribution in [1.82, 2.24) is 10.6 Å². The molecule has 7 heteroatoms. The van der Waals surface area contributed by atoms with Crippen LogP contribution in [0.25, 0.3) is 0 Å². The summed E-state index contributed by atoms with van der Waals surface area (Å²) in [5, 5.41) is 14.0. The third kappa shape index (κ3) is 4.92. The molecule has 23 heavy (non-hydrogen) atoms. The van der Waals surface area contributed by atoms with Gasteiger partial charge in [-0.15, -0.1) is 0 Å². The Morgan fingerprint density at radius 1 is 1.13 bits per heavy atom. The van der Waals surface area contributed by atoms with Crippen molar-refractivity contribution in [3.63, 3.8) is 0 Å². The van der Waals surface area contributed by atoms with Gasteiger partial charge in [0.05, 0.1) is 18.6 Å². The van der Waals surface area contributed by atoms with Crippen molar-refractivity contribution in [3.8, 4) is 0 Å². The third-order valence-electron chi connectivity index (χ3n) is 4.69. The van der Waals surface area contributed by atoms with E-state index in [1.165, 1.54) is 0 Å². The highest BCUT2D eigenvalue weighted by atomic mass is 16.4. The first-order chi connectivity index (χ1) is 10.4. The van der Waals surface area contributed by atoms with Crippen LogP contribution in [0.3, 0.4) is 0 Å². The summed E-state index contributed by atoms with van der Waals surface area (Å²) in [6, 6.07) is -1.13. The van der Waals surface area contributed by atoms with Crippen LogP contribution in [0, 0.1) is 16.7 Å². The minimum atomic E-state index is -1.14. The van der Waals surface area contributed by atoms with Crippen molar-refractivity contribution in [2.45, 2.75) is 66.1 Å². The van der Waals surface area contributed by atoms with Crippen molar-refractivity contribution in [2.24, 2.45) is 22.5 Å². The predicted octanol–water partition coefficient (Wildman–Crippen LogP) is 0.829. The molecule has 0 aliphatic heterocycles. The van der Waals surface area contributed by atoms with Gasteiger partial charge < -0.3 is 21.5 Å². The maximum absolute atomic E-state index is 12.6. The number of carboxylic acids is 1. The van der Waals surface area contributed by atoms with Gasteiger partial charge in [-0.05, 0) is 30.6 Å². The standard InChI is InChI=1S/C16H29N3O4/c1-9(18-13(22)10(17)8-11(20)21)19-14(23)12-15(2,3)6-7-16(12,4)5/h9-10,12H,6-8,17H2,1-5H3,(H,18,22)(H,19,23)(H,20,21)/t9-,10-/m0/s1. The van der Waals surface area contributed by atoms with Crippen LogP contribution in [0.15, 0.2) is 0 Å². The summed E-state index contributed by atoms with van der Waals surface area (Å²) < 4.78 is 0. The molecule has 132 valence electrons. The first-order valence-electron chi connectivity index (χ1n) is 7.95. The molecule has 0 aromatic carbocycles. The van der Waals surface area contributed by atoms with E-state index >= 15 is 0 Å². The van der Waals surface area contributed by atoms with Crippen LogP contribution >= 0.6 is 0 Å². The molecule has 0 radical (unpaired) electrons. The Morgan fingerprint density at radius 3 is 2.04 bits per heavy atom. The van der Waals surface area contributed by atoms with Gasteiger partial charge in [-0.3, -0.25) is 14.4 Å². The molecule has 1 fully saturated rings. The minimum Gasteiger partial charge on any atom is -0.481 e. The Kier molecular flexibility index (Phi) is 5.79. The number of carbonyl (C=O) groups is 3. The Morgan fingerprint density at radius 2 is 1.61 bits per heavy atom. The quantitative estimate of drug-likeness (QED) is 0.538. The fourth-order valence-corrected chi connectivity index (χ4v) is 3.63. The van der Waals surface area contributed by atoms with Crippen LogP contribution in [-0.2, 0) is 14.4 Å². The number of hydrogen-bond acceptors (Lipinski definition) is 4. The second-order valence-corrected chi connectivity index (χ2v) is 7.85. The monoisotopic (exact) mass is 327 g/mol. The molecule has 1 aliphatic carbocycles. The normalized spacial score (nSPS) is 22.2. The van der Waals surface area contributed by atoms with Crippen LogP contribution in [0.2, 0.25) is 0 Å². The largest absolute Gasteiger partial charge is 0.481 e. The predicted molar refractivity (Wildman–Crippen MR) is 86.3 cm³/mol. The summed E-state index contributed by atoms with van der Waals surface area (Å²) in [5.74, 6) is -1.98. The van der Waals surface area contributed by atoms with Gasteiger partial charge in [0.2, 0.25) is 11.8 Å². The number of carboxylic acid groups (broad SMARTS) is 1. The molecular weight excluding hydrogens is 298 g/mol. The van der Waals surface area contributed by atoms with Crippen LogP contribution in [0.4, 0.5) is 0 Å². The van der Waals surface area contributed by atoms with E-state index < -0.39 is 30.5 Å². The lowest BCUT2D eigenvalue weighted by atomic mass is 9.72. The topological polar surface area (TPSA) is 122 Å². The van der Waals surface area contributed by atoms with Gasteiger partial charge in [-0.2, -0.15) is 0 Å². The molecule has 1 aliphatic rings. The molecule has 2 amide bonds. The molecule has 1 saturated carbocycles. The Hall–Kier alpha value is -1.63. The summed E-state index contributed by atoms with van der Waals surface area (Å²) in [4.78, 5) is 35.0. The summed E-state index contributed by atoms with van der Waals surface area (Å²) in [7, 11) is 0. The Labute approximate surface area is 137 Å². The second-order valence-electron chi connectivity index (χ2n) is 7.85. The van der Waals surface area contributed by atoms with Crippen molar-refractivity contribution in [2.75, 3.05) is 0 Å². The molecule has 0 aromatic rings. The zero-order valence-electron chi connectivity index (χ0n) is 14.6. The fraction of sp³-hybridized carbons (Fsp3) is 0.812. The highest BCUT2D eigenvalue weighted by molar-refractivity contribution is 5.87. The van der Waals surface area contributed by atoms with Crippen LogP contribution in [-0.4, -0.2) is 35.1 Å². The average Bonchev–Trinajstić information content (AvgIpc) is 2.56. The number of amides is 2. The molecule has 5 N–H and O–H groups in total. The first kappa shape index (κ1) is 19.4. The highest BCUT2D eigenvalue weighted by Gasteiger charge is 2.50. The van der Waals surface area contributed by atoms with Gasteiger partial charge in [-0.25, -0.2) is 0 Å². The number of hydrogen-bond donors (Lipinski definition) is 4. The van der Waals surface area contributed by atoms with Crippen LogP contribution in [0.1, 0.15) is 53.9 Å². The molecule has 7 nitrogen and oxygen atoms in total. The number of aliphatic carboxylic acids is 1. The zero-order chi connectivity index (χ0) is 18.0. The summed E-state index contributed by atoms with van der Waals surface area (Å²) in [6.45, 7) is 9.96. The van der Waals surface area contributed by atoms with Crippen LogP contribution in [0.5, 0.6) is 0 Å². The van der Waals surface area contributed by atoms with E-state index in [1.54, 1.807) is 6.92 Å². The van der Waals surface area contributed by atoms with Crippen molar-refractivity contribution in [1.29, 1.82) is 0 Å². The highest BCUT2D eigenvalue weighted by Crippen LogP contribution is 2.53. The Bertz CT molecular complexity index is 472. The van der Waals surface area contributed by atoms with Gasteiger partial charge in [0.25, 0.3) is 0 Å². The maximum Gasteiger partial charge on any atom is 0.305 e. The smallest absolute Gasteiger partial charge is 0.305 e. The molecule has 0 spiro atoms. The van der Waals surface area contributed by atoms with E-state index in [4.69, 9.17) is 10.8 Å². The van der Waals surface area contributed by atoms with Crippen molar-refractivity contribution < 1.29 is 19.5 Å². The van der Waals surface area contributed by atoms with Crippen molar-refractivity contribution >= 4 is 17.8 Å². The lowest BCUT2D eigenvalue weighted by molar-refractivity contribution is -0.140. The van der Waals surface area contributed by atoms with Crippen LogP contribution < -0.4 is 16.4 Å². The summed E-state index contributed by atoms with van der Waals surface area (Å²) >= 11 is 0. The lowest BCUT2D eigenvalue weighted by Crippen LogP contribution is -2.54. The Balaban J connectivity index is 2.63. The zero-order valence-corrected chi connectivity index (χ0v) is 14.6.